The number of hydrogen-bond donors (Lipinski definition) is 1. The molecule has 2 rings (SSSR count). The van der Waals surface area contributed by atoms with E-state index in [1.807, 2.05) is 30.3 Å². The third-order valence-electron chi connectivity index (χ3n) is 2.83. The lowest BCUT2D eigenvalue weighted by Gasteiger charge is -2.15. The fourth-order valence-electron chi connectivity index (χ4n) is 1.81. The Hall–Kier alpha value is -2.07. The third kappa shape index (κ3) is 2.43. The summed E-state index contributed by atoms with van der Waals surface area (Å²) in [5.74, 6) is 1.38. The third-order valence-corrected chi connectivity index (χ3v) is 2.83. The van der Waals surface area contributed by atoms with Gasteiger partial charge >= 0.3 is 0 Å². The molecule has 1 unspecified atom stereocenters. The van der Waals surface area contributed by atoms with Crippen molar-refractivity contribution < 1.29 is 9.47 Å². The monoisotopic (exact) mass is 244 g/mol. The molecular formula is C14H16N2O2. The number of pyridine rings is 1. The van der Waals surface area contributed by atoms with Crippen molar-refractivity contribution in [3.05, 3.63) is 53.9 Å². The molecule has 0 aliphatic heterocycles. The normalized spacial score (nSPS) is 11.9. The lowest BCUT2D eigenvalue weighted by molar-refractivity contribution is 0.354. The second kappa shape index (κ2) is 5.51. The number of nitrogens with two attached hydrogens (primary N) is 1. The molecule has 2 N–H and O–H groups in total. The van der Waals surface area contributed by atoms with E-state index in [2.05, 4.69) is 4.98 Å². The van der Waals surface area contributed by atoms with Crippen LogP contribution in [0, 0.1) is 0 Å². The maximum Gasteiger partial charge on any atom is 0.161 e. The number of rotatable bonds is 4. The smallest absolute Gasteiger partial charge is 0.161 e. The summed E-state index contributed by atoms with van der Waals surface area (Å²) in [6, 6.07) is 9.29. The minimum atomic E-state index is -0.201. The van der Waals surface area contributed by atoms with Gasteiger partial charge in [-0.05, 0) is 35.4 Å². The van der Waals surface area contributed by atoms with Crippen molar-refractivity contribution in [2.24, 2.45) is 5.73 Å². The van der Waals surface area contributed by atoms with Gasteiger partial charge in [-0.25, -0.2) is 0 Å². The quantitative estimate of drug-likeness (QED) is 0.895. The second-order valence-electron chi connectivity index (χ2n) is 3.87. The average Bonchev–Trinajstić information content (AvgIpc) is 2.46. The Labute approximate surface area is 106 Å². The van der Waals surface area contributed by atoms with Gasteiger partial charge < -0.3 is 15.2 Å². The van der Waals surface area contributed by atoms with Crippen LogP contribution in [0.1, 0.15) is 17.2 Å². The van der Waals surface area contributed by atoms with Gasteiger partial charge in [-0.3, -0.25) is 4.98 Å². The van der Waals surface area contributed by atoms with Gasteiger partial charge in [0.2, 0.25) is 0 Å². The first-order chi connectivity index (χ1) is 8.76. The van der Waals surface area contributed by atoms with Gasteiger partial charge in [0.15, 0.2) is 11.5 Å². The highest BCUT2D eigenvalue weighted by Gasteiger charge is 2.12. The van der Waals surface area contributed by atoms with E-state index < -0.39 is 0 Å². The fourth-order valence-corrected chi connectivity index (χ4v) is 1.81. The number of benzene rings is 1. The van der Waals surface area contributed by atoms with Crippen LogP contribution in [0.25, 0.3) is 0 Å². The van der Waals surface area contributed by atoms with Crippen LogP contribution in [-0.4, -0.2) is 19.2 Å². The van der Waals surface area contributed by atoms with Gasteiger partial charge in [0.1, 0.15) is 0 Å². The summed E-state index contributed by atoms with van der Waals surface area (Å²) in [4.78, 5) is 3.98. The van der Waals surface area contributed by atoms with E-state index >= 15 is 0 Å². The summed E-state index contributed by atoms with van der Waals surface area (Å²) in [6.07, 6.45) is 3.46. The predicted molar refractivity (Wildman–Crippen MR) is 69.8 cm³/mol. The Morgan fingerprint density at radius 1 is 0.944 bits per heavy atom. The molecule has 0 fully saturated rings. The van der Waals surface area contributed by atoms with Gasteiger partial charge in [0.25, 0.3) is 0 Å². The topological polar surface area (TPSA) is 57.4 Å². The van der Waals surface area contributed by atoms with Crippen LogP contribution in [0.15, 0.2) is 42.7 Å². The SMILES string of the molecule is COc1ccc(C(N)c2ccncc2)cc1OC. The van der Waals surface area contributed by atoms with Crippen LogP contribution in [0.3, 0.4) is 0 Å². The Kier molecular flexibility index (Phi) is 3.79. The molecule has 1 atom stereocenters. The molecule has 0 spiro atoms. The van der Waals surface area contributed by atoms with E-state index in [4.69, 9.17) is 15.2 Å². The highest BCUT2D eigenvalue weighted by molar-refractivity contribution is 5.45. The minimum Gasteiger partial charge on any atom is -0.493 e. The summed E-state index contributed by atoms with van der Waals surface area (Å²) in [7, 11) is 3.22. The Morgan fingerprint density at radius 3 is 2.22 bits per heavy atom. The molecule has 0 saturated heterocycles. The van der Waals surface area contributed by atoms with Gasteiger partial charge in [-0.1, -0.05) is 6.07 Å². The predicted octanol–water partition coefficient (Wildman–Crippen LogP) is 2.15. The molecule has 0 aliphatic carbocycles. The zero-order valence-corrected chi connectivity index (χ0v) is 10.5. The van der Waals surface area contributed by atoms with E-state index in [-0.39, 0.29) is 6.04 Å². The molecule has 0 radical (unpaired) electrons. The summed E-state index contributed by atoms with van der Waals surface area (Å²) >= 11 is 0. The van der Waals surface area contributed by atoms with Crippen molar-refractivity contribution in [1.29, 1.82) is 0 Å². The largest absolute Gasteiger partial charge is 0.493 e. The van der Waals surface area contributed by atoms with Crippen molar-refractivity contribution in [1.82, 2.24) is 4.98 Å². The Bertz CT molecular complexity index is 514. The maximum absolute atomic E-state index is 6.21. The molecule has 94 valence electrons. The van der Waals surface area contributed by atoms with Crippen LogP contribution >= 0.6 is 0 Å². The molecule has 18 heavy (non-hydrogen) atoms. The van der Waals surface area contributed by atoms with E-state index in [9.17, 15) is 0 Å². The molecular weight excluding hydrogens is 228 g/mol. The molecule has 2 aromatic rings. The molecule has 1 heterocycles. The van der Waals surface area contributed by atoms with Gasteiger partial charge in [0, 0.05) is 12.4 Å². The van der Waals surface area contributed by atoms with Crippen molar-refractivity contribution in [3.63, 3.8) is 0 Å². The van der Waals surface area contributed by atoms with E-state index in [0.717, 1.165) is 11.1 Å². The van der Waals surface area contributed by atoms with Crippen LogP contribution < -0.4 is 15.2 Å². The van der Waals surface area contributed by atoms with Crippen molar-refractivity contribution in [2.75, 3.05) is 14.2 Å². The first kappa shape index (κ1) is 12.4. The van der Waals surface area contributed by atoms with Crippen LogP contribution in [0.4, 0.5) is 0 Å². The summed E-state index contributed by atoms with van der Waals surface area (Å²) in [5, 5.41) is 0. The highest BCUT2D eigenvalue weighted by Crippen LogP contribution is 2.31. The number of ether oxygens (including phenoxy) is 2. The van der Waals surface area contributed by atoms with Crippen LogP contribution in [-0.2, 0) is 0 Å². The molecule has 4 nitrogen and oxygen atoms in total. The lowest BCUT2D eigenvalue weighted by Crippen LogP contribution is -2.12. The zero-order valence-electron chi connectivity index (χ0n) is 10.5. The molecule has 0 amide bonds. The van der Waals surface area contributed by atoms with Crippen LogP contribution in [0.5, 0.6) is 11.5 Å². The minimum absolute atomic E-state index is 0.201. The Morgan fingerprint density at radius 2 is 1.61 bits per heavy atom. The maximum atomic E-state index is 6.21. The molecule has 0 saturated carbocycles. The van der Waals surface area contributed by atoms with E-state index in [0.29, 0.717) is 11.5 Å². The first-order valence-electron chi connectivity index (χ1n) is 5.63. The summed E-state index contributed by atoms with van der Waals surface area (Å²) in [5.41, 5.74) is 8.19. The van der Waals surface area contributed by atoms with Gasteiger partial charge in [-0.2, -0.15) is 0 Å². The van der Waals surface area contributed by atoms with Crippen molar-refractivity contribution in [3.8, 4) is 11.5 Å². The Balaban J connectivity index is 2.34. The molecule has 0 aliphatic rings. The van der Waals surface area contributed by atoms with Crippen LogP contribution in [0.2, 0.25) is 0 Å². The fraction of sp³-hybridized carbons (Fsp3) is 0.214. The number of nitrogens with zero attached hydrogens (tertiary/aromatic N) is 1. The number of aromatic nitrogens is 1. The zero-order chi connectivity index (χ0) is 13.0. The second-order valence-corrected chi connectivity index (χ2v) is 3.87. The van der Waals surface area contributed by atoms with Crippen molar-refractivity contribution in [2.45, 2.75) is 6.04 Å². The first-order valence-corrected chi connectivity index (χ1v) is 5.63. The molecule has 0 bridgehead atoms. The number of methoxy groups -OCH3 is 2. The van der Waals surface area contributed by atoms with Gasteiger partial charge in [-0.15, -0.1) is 0 Å². The summed E-state index contributed by atoms with van der Waals surface area (Å²) in [6.45, 7) is 0. The van der Waals surface area contributed by atoms with Gasteiger partial charge in [0.05, 0.1) is 20.3 Å². The number of hydrogen-bond acceptors (Lipinski definition) is 4. The lowest BCUT2D eigenvalue weighted by atomic mass is 10.0. The molecule has 1 aromatic heterocycles. The van der Waals surface area contributed by atoms with E-state index in [1.165, 1.54) is 0 Å². The highest BCUT2D eigenvalue weighted by atomic mass is 16.5. The van der Waals surface area contributed by atoms with Crippen molar-refractivity contribution >= 4 is 0 Å². The molecule has 4 heteroatoms. The summed E-state index contributed by atoms with van der Waals surface area (Å²) < 4.78 is 10.5. The molecule has 1 aromatic carbocycles. The average molecular weight is 244 g/mol. The standard InChI is InChI=1S/C14H16N2O2/c1-17-12-4-3-11(9-13(12)18-2)14(15)10-5-7-16-8-6-10/h3-9,14H,15H2,1-2H3. The van der Waals surface area contributed by atoms with E-state index in [1.54, 1.807) is 26.6 Å².